The molecule has 20 heavy (non-hydrogen) atoms. The highest BCUT2D eigenvalue weighted by Crippen LogP contribution is 2.38. The van der Waals surface area contributed by atoms with Gasteiger partial charge in [-0.3, -0.25) is 4.79 Å². The number of ketones is 1. The van der Waals surface area contributed by atoms with E-state index >= 15 is 0 Å². The van der Waals surface area contributed by atoms with E-state index in [0.29, 0.717) is 5.92 Å². The number of rotatable bonds is 3. The Kier molecular flexibility index (Phi) is 3.43. The molecular formula is C19H20O. The summed E-state index contributed by atoms with van der Waals surface area (Å²) in [4.78, 5) is 13.0. The minimum atomic E-state index is 0.183. The van der Waals surface area contributed by atoms with Gasteiger partial charge in [0.15, 0.2) is 5.78 Å². The Morgan fingerprint density at radius 2 is 1.60 bits per heavy atom. The van der Waals surface area contributed by atoms with Crippen molar-refractivity contribution in [2.24, 2.45) is 0 Å². The van der Waals surface area contributed by atoms with E-state index < -0.39 is 0 Å². The third kappa shape index (κ3) is 2.18. The maximum absolute atomic E-state index is 13.0. The van der Waals surface area contributed by atoms with Crippen LogP contribution in [0.25, 0.3) is 0 Å². The van der Waals surface area contributed by atoms with Gasteiger partial charge in [0.2, 0.25) is 0 Å². The molecule has 1 aliphatic rings. The van der Waals surface area contributed by atoms with Crippen LogP contribution < -0.4 is 0 Å². The van der Waals surface area contributed by atoms with E-state index in [1.54, 1.807) is 0 Å². The second-order valence-corrected chi connectivity index (χ2v) is 5.81. The fourth-order valence-electron chi connectivity index (χ4n) is 3.09. The highest BCUT2D eigenvalue weighted by Gasteiger charge is 2.25. The first-order valence-electron chi connectivity index (χ1n) is 7.38. The van der Waals surface area contributed by atoms with Crippen LogP contribution in [0, 0.1) is 13.8 Å². The van der Waals surface area contributed by atoms with E-state index in [4.69, 9.17) is 0 Å². The standard InChI is InChI=1S/C19H20O/c1-13-7-5-8-14(2)18(13)19(20)17-12-4-3-11-16(17)15-9-6-10-15/h3-5,7-8,11-12,15H,6,9-10H2,1-2H3. The Balaban J connectivity index is 2.07. The summed E-state index contributed by atoms with van der Waals surface area (Å²) in [5.41, 5.74) is 5.15. The zero-order valence-corrected chi connectivity index (χ0v) is 12.1. The van der Waals surface area contributed by atoms with Gasteiger partial charge in [0.1, 0.15) is 0 Å². The van der Waals surface area contributed by atoms with Crippen molar-refractivity contribution in [3.8, 4) is 0 Å². The first-order valence-corrected chi connectivity index (χ1v) is 7.38. The molecule has 1 aliphatic carbocycles. The predicted octanol–water partition coefficient (Wildman–Crippen LogP) is 4.80. The summed E-state index contributed by atoms with van der Waals surface area (Å²) in [6.45, 7) is 4.04. The van der Waals surface area contributed by atoms with Gasteiger partial charge in [-0.15, -0.1) is 0 Å². The zero-order chi connectivity index (χ0) is 14.1. The molecule has 0 aliphatic heterocycles. The molecule has 1 saturated carbocycles. The summed E-state index contributed by atoms with van der Waals surface area (Å²) in [6.07, 6.45) is 3.73. The molecule has 2 aromatic rings. The molecule has 2 aromatic carbocycles. The molecule has 0 spiro atoms. The van der Waals surface area contributed by atoms with E-state index in [-0.39, 0.29) is 5.78 Å². The van der Waals surface area contributed by atoms with Crippen molar-refractivity contribution in [2.45, 2.75) is 39.0 Å². The summed E-state index contributed by atoms with van der Waals surface area (Å²) in [5.74, 6) is 0.766. The van der Waals surface area contributed by atoms with Crippen LogP contribution >= 0.6 is 0 Å². The van der Waals surface area contributed by atoms with Crippen LogP contribution in [0.5, 0.6) is 0 Å². The second-order valence-electron chi connectivity index (χ2n) is 5.81. The first-order chi connectivity index (χ1) is 9.68. The third-order valence-corrected chi connectivity index (χ3v) is 4.46. The number of hydrogen-bond donors (Lipinski definition) is 0. The molecule has 0 radical (unpaired) electrons. The van der Waals surface area contributed by atoms with Crippen molar-refractivity contribution >= 4 is 5.78 Å². The highest BCUT2D eigenvalue weighted by molar-refractivity contribution is 6.11. The molecule has 3 rings (SSSR count). The Labute approximate surface area is 120 Å². The molecule has 0 bridgehead atoms. The van der Waals surface area contributed by atoms with Gasteiger partial charge < -0.3 is 0 Å². The molecule has 0 aromatic heterocycles. The van der Waals surface area contributed by atoms with Crippen LogP contribution in [0.1, 0.15) is 57.8 Å². The maximum atomic E-state index is 13.0. The van der Waals surface area contributed by atoms with Gasteiger partial charge in [-0.2, -0.15) is 0 Å². The number of carbonyl (C=O) groups excluding carboxylic acids is 1. The lowest BCUT2D eigenvalue weighted by molar-refractivity contribution is 0.103. The van der Waals surface area contributed by atoms with Gasteiger partial charge in [0.25, 0.3) is 0 Å². The van der Waals surface area contributed by atoms with E-state index in [1.165, 1.54) is 24.8 Å². The van der Waals surface area contributed by atoms with E-state index in [0.717, 1.165) is 22.3 Å². The third-order valence-electron chi connectivity index (χ3n) is 4.46. The Morgan fingerprint density at radius 1 is 0.950 bits per heavy atom. The van der Waals surface area contributed by atoms with Gasteiger partial charge in [-0.25, -0.2) is 0 Å². The minimum Gasteiger partial charge on any atom is -0.289 e. The van der Waals surface area contributed by atoms with Crippen LogP contribution in [0.3, 0.4) is 0 Å². The lowest BCUT2D eigenvalue weighted by atomic mass is 9.77. The van der Waals surface area contributed by atoms with Crippen LogP contribution in [0.15, 0.2) is 42.5 Å². The molecule has 0 N–H and O–H groups in total. The average molecular weight is 264 g/mol. The smallest absolute Gasteiger partial charge is 0.193 e. The van der Waals surface area contributed by atoms with Gasteiger partial charge in [0.05, 0.1) is 0 Å². The number of carbonyl (C=O) groups is 1. The maximum Gasteiger partial charge on any atom is 0.193 e. The SMILES string of the molecule is Cc1cccc(C)c1C(=O)c1ccccc1C1CCC1. The van der Waals surface area contributed by atoms with E-state index in [2.05, 4.69) is 12.1 Å². The number of aryl methyl sites for hydroxylation is 2. The topological polar surface area (TPSA) is 17.1 Å². The predicted molar refractivity (Wildman–Crippen MR) is 82.4 cm³/mol. The second kappa shape index (κ2) is 5.24. The summed E-state index contributed by atoms with van der Waals surface area (Å²) in [5, 5.41) is 0. The normalized spacial score (nSPS) is 14.9. The lowest BCUT2D eigenvalue weighted by Crippen LogP contribution is -2.15. The Bertz CT molecular complexity index is 630. The summed E-state index contributed by atoms with van der Waals surface area (Å²) >= 11 is 0. The van der Waals surface area contributed by atoms with Crippen molar-refractivity contribution < 1.29 is 4.79 Å². The van der Waals surface area contributed by atoms with Gasteiger partial charge in [-0.1, -0.05) is 48.9 Å². The van der Waals surface area contributed by atoms with Crippen LogP contribution in [0.2, 0.25) is 0 Å². The van der Waals surface area contributed by atoms with Crippen molar-refractivity contribution in [1.29, 1.82) is 0 Å². The largest absolute Gasteiger partial charge is 0.289 e. The fraction of sp³-hybridized carbons (Fsp3) is 0.316. The molecule has 1 fully saturated rings. The van der Waals surface area contributed by atoms with Crippen LogP contribution in [-0.2, 0) is 0 Å². The number of benzene rings is 2. The van der Waals surface area contributed by atoms with Gasteiger partial charge >= 0.3 is 0 Å². The fourth-order valence-corrected chi connectivity index (χ4v) is 3.09. The average Bonchev–Trinajstić information content (AvgIpc) is 2.37. The molecule has 0 atom stereocenters. The highest BCUT2D eigenvalue weighted by atomic mass is 16.1. The summed E-state index contributed by atoms with van der Waals surface area (Å²) < 4.78 is 0. The van der Waals surface area contributed by atoms with Crippen molar-refractivity contribution in [3.63, 3.8) is 0 Å². The molecule has 1 heteroatoms. The van der Waals surface area contributed by atoms with Gasteiger partial charge in [-0.05, 0) is 49.3 Å². The Hall–Kier alpha value is -1.89. The summed E-state index contributed by atoms with van der Waals surface area (Å²) in [6, 6.07) is 14.2. The molecule has 0 saturated heterocycles. The Morgan fingerprint density at radius 3 is 2.20 bits per heavy atom. The molecule has 1 nitrogen and oxygen atoms in total. The van der Waals surface area contributed by atoms with E-state index in [1.807, 2.05) is 44.2 Å². The quantitative estimate of drug-likeness (QED) is 0.728. The minimum absolute atomic E-state index is 0.183. The monoisotopic (exact) mass is 264 g/mol. The van der Waals surface area contributed by atoms with Crippen LogP contribution in [-0.4, -0.2) is 5.78 Å². The first kappa shape index (κ1) is 13.1. The lowest BCUT2D eigenvalue weighted by Gasteiger charge is -2.27. The van der Waals surface area contributed by atoms with Crippen molar-refractivity contribution in [2.75, 3.05) is 0 Å². The molecule has 0 amide bonds. The van der Waals surface area contributed by atoms with E-state index in [9.17, 15) is 4.79 Å². The molecular weight excluding hydrogens is 244 g/mol. The molecule has 0 unspecified atom stereocenters. The summed E-state index contributed by atoms with van der Waals surface area (Å²) in [7, 11) is 0. The van der Waals surface area contributed by atoms with Crippen LogP contribution in [0.4, 0.5) is 0 Å². The van der Waals surface area contributed by atoms with Crippen molar-refractivity contribution in [3.05, 3.63) is 70.3 Å². The molecule has 102 valence electrons. The zero-order valence-electron chi connectivity index (χ0n) is 12.1. The van der Waals surface area contributed by atoms with Gasteiger partial charge in [0, 0.05) is 11.1 Å². The molecule has 0 heterocycles. The van der Waals surface area contributed by atoms with Crippen molar-refractivity contribution in [1.82, 2.24) is 0 Å². The number of hydrogen-bond acceptors (Lipinski definition) is 1.